The van der Waals surface area contributed by atoms with Crippen molar-refractivity contribution in [3.05, 3.63) is 91.2 Å². The third-order valence-electron chi connectivity index (χ3n) is 4.67. The summed E-state index contributed by atoms with van der Waals surface area (Å²) in [6, 6.07) is 13.7. The monoisotopic (exact) mass is 490 g/mol. The summed E-state index contributed by atoms with van der Waals surface area (Å²) in [6.45, 7) is 3.93. The SMILES string of the molecule is Cc1cc(/C=N/NC(=O)CSCc2ccc([N+](=O)[O-])cc2)c(C)n1-c1ccc(Cl)c(Cl)c1. The summed E-state index contributed by atoms with van der Waals surface area (Å²) in [4.78, 5) is 22.3. The van der Waals surface area contributed by atoms with Gasteiger partial charge in [0, 0.05) is 40.5 Å². The van der Waals surface area contributed by atoms with Crippen molar-refractivity contribution in [1.29, 1.82) is 0 Å². The van der Waals surface area contributed by atoms with Gasteiger partial charge in [0.2, 0.25) is 5.91 Å². The maximum atomic E-state index is 12.0. The minimum absolute atomic E-state index is 0.0457. The van der Waals surface area contributed by atoms with Crippen LogP contribution in [0.3, 0.4) is 0 Å². The van der Waals surface area contributed by atoms with Crippen molar-refractivity contribution in [3.8, 4) is 5.69 Å². The van der Waals surface area contributed by atoms with E-state index in [0.717, 1.165) is 28.2 Å². The first kappa shape index (κ1) is 23.8. The molecule has 3 rings (SSSR count). The van der Waals surface area contributed by atoms with E-state index in [1.807, 2.05) is 30.5 Å². The Labute approximate surface area is 199 Å². The Morgan fingerprint density at radius 2 is 1.88 bits per heavy atom. The van der Waals surface area contributed by atoms with E-state index in [1.165, 1.54) is 23.9 Å². The molecule has 0 spiro atoms. The number of hydrogen-bond donors (Lipinski definition) is 1. The number of nitrogens with one attached hydrogen (secondary N) is 1. The Balaban J connectivity index is 1.54. The maximum Gasteiger partial charge on any atom is 0.269 e. The number of non-ortho nitro benzene ring substituents is 1. The lowest BCUT2D eigenvalue weighted by atomic mass is 10.2. The molecule has 1 N–H and O–H groups in total. The first-order chi connectivity index (χ1) is 15.3. The highest BCUT2D eigenvalue weighted by Crippen LogP contribution is 2.27. The Morgan fingerprint density at radius 3 is 2.53 bits per heavy atom. The van der Waals surface area contributed by atoms with Crippen molar-refractivity contribution in [1.82, 2.24) is 9.99 Å². The third-order valence-corrected chi connectivity index (χ3v) is 6.42. The molecule has 0 saturated heterocycles. The van der Waals surface area contributed by atoms with Gasteiger partial charge in [-0.3, -0.25) is 14.9 Å². The van der Waals surface area contributed by atoms with Crippen molar-refractivity contribution in [2.75, 3.05) is 5.75 Å². The number of halogens is 2. The molecule has 0 fully saturated rings. The fourth-order valence-electron chi connectivity index (χ4n) is 3.12. The van der Waals surface area contributed by atoms with Gasteiger partial charge in [-0.2, -0.15) is 5.10 Å². The number of carbonyl (C=O) groups excluding carboxylic acids is 1. The first-order valence-electron chi connectivity index (χ1n) is 9.53. The van der Waals surface area contributed by atoms with Crippen molar-refractivity contribution >= 4 is 52.8 Å². The molecule has 0 unspecified atom stereocenters. The molecule has 166 valence electrons. The lowest BCUT2D eigenvalue weighted by Crippen LogP contribution is -2.19. The van der Waals surface area contributed by atoms with Crippen LogP contribution in [0, 0.1) is 24.0 Å². The van der Waals surface area contributed by atoms with Gasteiger partial charge in [-0.1, -0.05) is 35.3 Å². The molecule has 1 heterocycles. The second kappa shape index (κ2) is 10.7. The Bertz CT molecular complexity index is 1180. The predicted octanol–water partition coefficient (Wildman–Crippen LogP) is 5.69. The molecule has 32 heavy (non-hydrogen) atoms. The number of rotatable bonds is 8. The van der Waals surface area contributed by atoms with E-state index in [9.17, 15) is 14.9 Å². The van der Waals surface area contributed by atoms with Crippen LogP contribution in [0.5, 0.6) is 0 Å². The average Bonchev–Trinajstić information content (AvgIpc) is 3.03. The van der Waals surface area contributed by atoms with Crippen molar-refractivity contribution in [2.24, 2.45) is 5.10 Å². The number of hydrogen-bond acceptors (Lipinski definition) is 5. The smallest absolute Gasteiger partial charge is 0.269 e. The number of nitro benzene ring substituents is 1. The summed E-state index contributed by atoms with van der Waals surface area (Å²) in [5.74, 6) is 0.558. The van der Waals surface area contributed by atoms with Crippen LogP contribution in [0.1, 0.15) is 22.5 Å². The van der Waals surface area contributed by atoms with Gasteiger partial charge in [-0.25, -0.2) is 5.43 Å². The number of aryl methyl sites for hydroxylation is 1. The van der Waals surface area contributed by atoms with Crippen LogP contribution >= 0.6 is 35.0 Å². The van der Waals surface area contributed by atoms with Gasteiger partial charge in [0.05, 0.1) is 26.9 Å². The molecular weight excluding hydrogens is 471 g/mol. The molecule has 3 aromatic rings. The summed E-state index contributed by atoms with van der Waals surface area (Å²) in [6.07, 6.45) is 1.61. The van der Waals surface area contributed by atoms with Gasteiger partial charge in [0.1, 0.15) is 0 Å². The molecule has 0 aliphatic carbocycles. The molecule has 0 bridgehead atoms. The third kappa shape index (κ3) is 5.91. The summed E-state index contributed by atoms with van der Waals surface area (Å²) < 4.78 is 2.03. The Morgan fingerprint density at radius 1 is 1.16 bits per heavy atom. The van der Waals surface area contributed by atoms with Gasteiger partial charge in [-0.15, -0.1) is 11.8 Å². The number of nitro groups is 1. The van der Waals surface area contributed by atoms with Crippen LogP contribution in [0.25, 0.3) is 5.69 Å². The highest BCUT2D eigenvalue weighted by Gasteiger charge is 2.11. The van der Waals surface area contributed by atoms with Gasteiger partial charge < -0.3 is 4.57 Å². The lowest BCUT2D eigenvalue weighted by Gasteiger charge is -2.10. The van der Waals surface area contributed by atoms with Crippen molar-refractivity contribution in [2.45, 2.75) is 19.6 Å². The van der Waals surface area contributed by atoms with Crippen LogP contribution in [0.2, 0.25) is 10.0 Å². The zero-order valence-corrected chi connectivity index (χ0v) is 19.7. The lowest BCUT2D eigenvalue weighted by molar-refractivity contribution is -0.384. The first-order valence-corrected chi connectivity index (χ1v) is 11.4. The Kier molecular flexibility index (Phi) is 7.95. The van der Waals surface area contributed by atoms with Crippen LogP contribution in [-0.4, -0.2) is 27.4 Å². The summed E-state index contributed by atoms with van der Waals surface area (Å²) in [5, 5.41) is 15.7. The minimum Gasteiger partial charge on any atom is -0.318 e. The summed E-state index contributed by atoms with van der Waals surface area (Å²) in [7, 11) is 0. The second-order valence-electron chi connectivity index (χ2n) is 6.97. The molecule has 0 saturated carbocycles. The second-order valence-corrected chi connectivity index (χ2v) is 8.77. The number of benzene rings is 2. The molecule has 0 aliphatic rings. The van der Waals surface area contributed by atoms with Gasteiger partial charge in [0.15, 0.2) is 0 Å². The number of hydrazone groups is 1. The average molecular weight is 491 g/mol. The number of carbonyl (C=O) groups is 1. The molecule has 0 atom stereocenters. The maximum absolute atomic E-state index is 12.0. The quantitative estimate of drug-likeness (QED) is 0.249. The van der Waals surface area contributed by atoms with E-state index in [4.69, 9.17) is 23.2 Å². The summed E-state index contributed by atoms with van der Waals surface area (Å²) >= 11 is 13.6. The largest absolute Gasteiger partial charge is 0.318 e. The normalized spacial score (nSPS) is 11.1. The molecular formula is C22H20Cl2N4O3S. The molecule has 10 heteroatoms. The number of thioether (sulfide) groups is 1. The molecule has 1 aromatic heterocycles. The molecule has 7 nitrogen and oxygen atoms in total. The van der Waals surface area contributed by atoms with E-state index in [-0.39, 0.29) is 17.3 Å². The van der Waals surface area contributed by atoms with Crippen LogP contribution in [-0.2, 0) is 10.5 Å². The predicted molar refractivity (Wildman–Crippen MR) is 130 cm³/mol. The van der Waals surface area contributed by atoms with Gasteiger partial charge in [-0.05, 0) is 43.7 Å². The number of nitrogens with zero attached hydrogens (tertiary/aromatic N) is 3. The van der Waals surface area contributed by atoms with Crippen LogP contribution < -0.4 is 5.43 Å². The van der Waals surface area contributed by atoms with Crippen molar-refractivity contribution in [3.63, 3.8) is 0 Å². The van der Waals surface area contributed by atoms with E-state index in [0.29, 0.717) is 15.8 Å². The standard InChI is InChI=1S/C22H20Cl2N4O3S/c1-14-9-17(15(2)27(14)19-7-8-20(23)21(24)10-19)11-25-26-22(29)13-32-12-16-3-5-18(6-4-16)28(30)31/h3-11H,12-13H2,1-2H3,(H,26,29)/b25-11+. The van der Waals surface area contributed by atoms with Crippen LogP contribution in [0.4, 0.5) is 5.69 Å². The topological polar surface area (TPSA) is 89.5 Å². The fraction of sp³-hybridized carbons (Fsp3) is 0.182. The molecule has 2 aromatic carbocycles. The molecule has 1 amide bonds. The minimum atomic E-state index is -0.440. The van der Waals surface area contributed by atoms with E-state index in [1.54, 1.807) is 30.5 Å². The Hall–Kier alpha value is -2.81. The number of amides is 1. The molecule has 0 aliphatic heterocycles. The van der Waals surface area contributed by atoms with Crippen molar-refractivity contribution < 1.29 is 9.72 Å². The van der Waals surface area contributed by atoms with E-state index < -0.39 is 4.92 Å². The highest BCUT2D eigenvalue weighted by molar-refractivity contribution is 7.99. The van der Waals surface area contributed by atoms with Gasteiger partial charge in [0.25, 0.3) is 5.69 Å². The zero-order valence-electron chi connectivity index (χ0n) is 17.3. The van der Waals surface area contributed by atoms with Gasteiger partial charge >= 0.3 is 0 Å². The zero-order chi connectivity index (χ0) is 23.3. The number of aromatic nitrogens is 1. The fourth-order valence-corrected chi connectivity index (χ4v) is 4.19. The van der Waals surface area contributed by atoms with E-state index in [2.05, 4.69) is 10.5 Å². The molecule has 0 radical (unpaired) electrons. The highest BCUT2D eigenvalue weighted by atomic mass is 35.5. The van der Waals surface area contributed by atoms with E-state index >= 15 is 0 Å². The van der Waals surface area contributed by atoms with Crippen LogP contribution in [0.15, 0.2) is 53.6 Å². The summed E-state index contributed by atoms with van der Waals surface area (Å²) in [5.41, 5.74) is 7.18.